The van der Waals surface area contributed by atoms with Crippen LogP contribution in [0, 0.1) is 5.92 Å². The van der Waals surface area contributed by atoms with E-state index < -0.39 is 0 Å². The summed E-state index contributed by atoms with van der Waals surface area (Å²) in [5, 5.41) is 2.53. The Labute approximate surface area is 89.5 Å². The zero-order valence-electron chi connectivity index (χ0n) is 9.20. The molecule has 3 heteroatoms. The number of carbonyl (C=O) groups is 2. The van der Waals surface area contributed by atoms with Crippen molar-refractivity contribution in [3.8, 4) is 0 Å². The highest BCUT2D eigenvalue weighted by atomic mass is 16.1. The van der Waals surface area contributed by atoms with Gasteiger partial charge in [-0.15, -0.1) is 0 Å². The summed E-state index contributed by atoms with van der Waals surface area (Å²) < 4.78 is 0. The number of nitrogens with one attached hydrogen (secondary N) is 1. The Hall–Kier alpha value is -1.64. The van der Waals surface area contributed by atoms with Crippen LogP contribution in [0.15, 0.2) is 24.3 Å². The number of carbonyl (C=O) groups excluding carboxylic acids is 2. The third-order valence-electron chi connectivity index (χ3n) is 2.16. The van der Waals surface area contributed by atoms with E-state index in [1.165, 1.54) is 0 Å². The second kappa shape index (κ2) is 4.73. The van der Waals surface area contributed by atoms with Crippen molar-refractivity contribution in [2.24, 2.45) is 5.92 Å². The zero-order valence-corrected chi connectivity index (χ0v) is 9.20. The van der Waals surface area contributed by atoms with E-state index in [0.717, 1.165) is 0 Å². The molecule has 0 fully saturated rings. The number of hydrogen-bond donors (Lipinski definition) is 1. The lowest BCUT2D eigenvalue weighted by molar-refractivity contribution is 0.0939. The van der Waals surface area contributed by atoms with Crippen molar-refractivity contribution in [2.75, 3.05) is 7.05 Å². The fourth-order valence-corrected chi connectivity index (χ4v) is 1.29. The summed E-state index contributed by atoms with van der Waals surface area (Å²) in [5.41, 5.74) is 1.11. The van der Waals surface area contributed by atoms with Gasteiger partial charge in [0.15, 0.2) is 5.78 Å². The molecule has 0 bridgehead atoms. The maximum absolute atomic E-state index is 11.7. The molecule has 1 aromatic carbocycles. The summed E-state index contributed by atoms with van der Waals surface area (Å²) in [5.74, 6) is -0.168. The Morgan fingerprint density at radius 1 is 1.20 bits per heavy atom. The van der Waals surface area contributed by atoms with Gasteiger partial charge in [-0.05, 0) is 12.1 Å². The number of Topliss-reactive ketones (excluding diaryl/α,β-unsaturated/α-hetero) is 1. The van der Waals surface area contributed by atoms with Gasteiger partial charge in [0.2, 0.25) is 0 Å². The first-order valence-corrected chi connectivity index (χ1v) is 4.92. The van der Waals surface area contributed by atoms with Crippen molar-refractivity contribution in [2.45, 2.75) is 13.8 Å². The number of ketones is 1. The molecular weight excluding hydrogens is 190 g/mol. The molecular formula is C12H15NO2. The minimum Gasteiger partial charge on any atom is -0.355 e. The van der Waals surface area contributed by atoms with Crippen LogP contribution in [-0.2, 0) is 0 Å². The third kappa shape index (κ3) is 2.65. The minimum atomic E-state index is -0.173. The molecule has 1 N–H and O–H groups in total. The largest absolute Gasteiger partial charge is 0.355 e. The summed E-state index contributed by atoms with van der Waals surface area (Å²) in [6.45, 7) is 3.68. The quantitative estimate of drug-likeness (QED) is 0.766. The van der Waals surface area contributed by atoms with E-state index in [1.54, 1.807) is 31.3 Å². The molecule has 0 atom stereocenters. The highest BCUT2D eigenvalue weighted by molar-refractivity contribution is 6.01. The summed E-state index contributed by atoms with van der Waals surface area (Å²) in [6, 6.07) is 6.77. The molecule has 0 radical (unpaired) electrons. The van der Waals surface area contributed by atoms with Crippen LogP contribution >= 0.6 is 0 Å². The Kier molecular flexibility index (Phi) is 3.61. The Balaban J connectivity index is 3.02. The molecule has 0 saturated heterocycles. The predicted molar refractivity (Wildman–Crippen MR) is 59.0 cm³/mol. The van der Waals surface area contributed by atoms with E-state index >= 15 is 0 Å². The third-order valence-corrected chi connectivity index (χ3v) is 2.16. The van der Waals surface area contributed by atoms with E-state index in [2.05, 4.69) is 5.32 Å². The van der Waals surface area contributed by atoms with Gasteiger partial charge in [-0.3, -0.25) is 9.59 Å². The minimum absolute atomic E-state index is 0.0510. The molecule has 1 aromatic rings. The van der Waals surface area contributed by atoms with Crippen LogP contribution in [0.3, 0.4) is 0 Å². The Morgan fingerprint density at radius 2 is 1.80 bits per heavy atom. The average Bonchev–Trinajstić information content (AvgIpc) is 2.27. The van der Waals surface area contributed by atoms with Crippen molar-refractivity contribution in [3.63, 3.8) is 0 Å². The van der Waals surface area contributed by atoms with Crippen LogP contribution in [0.5, 0.6) is 0 Å². The van der Waals surface area contributed by atoms with Gasteiger partial charge in [0, 0.05) is 24.1 Å². The smallest absolute Gasteiger partial charge is 0.251 e. The predicted octanol–water partition coefficient (Wildman–Crippen LogP) is 1.88. The first-order valence-electron chi connectivity index (χ1n) is 4.92. The van der Waals surface area contributed by atoms with E-state index in [0.29, 0.717) is 11.1 Å². The molecule has 0 saturated carbocycles. The summed E-state index contributed by atoms with van der Waals surface area (Å²) in [6.07, 6.45) is 0. The molecule has 1 rings (SSSR count). The fourth-order valence-electron chi connectivity index (χ4n) is 1.29. The van der Waals surface area contributed by atoms with Crippen LogP contribution in [0.4, 0.5) is 0 Å². The molecule has 3 nitrogen and oxygen atoms in total. The van der Waals surface area contributed by atoms with Gasteiger partial charge in [0.1, 0.15) is 0 Å². The van der Waals surface area contributed by atoms with E-state index in [4.69, 9.17) is 0 Å². The van der Waals surface area contributed by atoms with E-state index in [1.807, 2.05) is 13.8 Å². The first kappa shape index (κ1) is 11.4. The lowest BCUT2D eigenvalue weighted by atomic mass is 9.99. The molecule has 0 aliphatic rings. The van der Waals surface area contributed by atoms with Crippen LogP contribution in [0.2, 0.25) is 0 Å². The van der Waals surface area contributed by atoms with Crippen molar-refractivity contribution >= 4 is 11.7 Å². The number of amides is 1. The number of benzene rings is 1. The van der Waals surface area contributed by atoms with Crippen LogP contribution in [-0.4, -0.2) is 18.7 Å². The van der Waals surface area contributed by atoms with Crippen molar-refractivity contribution in [1.29, 1.82) is 0 Å². The van der Waals surface area contributed by atoms with Gasteiger partial charge in [-0.25, -0.2) is 0 Å². The highest BCUT2D eigenvalue weighted by Crippen LogP contribution is 2.10. The molecule has 0 aliphatic heterocycles. The van der Waals surface area contributed by atoms with Crippen molar-refractivity contribution in [3.05, 3.63) is 35.4 Å². The van der Waals surface area contributed by atoms with Crippen molar-refractivity contribution < 1.29 is 9.59 Å². The summed E-state index contributed by atoms with van der Waals surface area (Å²) in [7, 11) is 1.57. The SMILES string of the molecule is CNC(=O)c1cccc(C(=O)C(C)C)c1. The maximum Gasteiger partial charge on any atom is 0.251 e. The average molecular weight is 205 g/mol. The normalized spacial score (nSPS) is 10.1. The molecule has 0 aromatic heterocycles. The van der Waals surface area contributed by atoms with Gasteiger partial charge in [0.25, 0.3) is 5.91 Å². The molecule has 0 aliphatic carbocycles. The lowest BCUT2D eigenvalue weighted by Gasteiger charge is -2.05. The van der Waals surface area contributed by atoms with Gasteiger partial charge in [-0.1, -0.05) is 26.0 Å². The van der Waals surface area contributed by atoms with Crippen LogP contribution in [0.1, 0.15) is 34.6 Å². The second-order valence-electron chi connectivity index (χ2n) is 3.68. The zero-order chi connectivity index (χ0) is 11.4. The summed E-state index contributed by atoms with van der Waals surface area (Å²) >= 11 is 0. The van der Waals surface area contributed by atoms with E-state index in [-0.39, 0.29) is 17.6 Å². The number of rotatable bonds is 3. The second-order valence-corrected chi connectivity index (χ2v) is 3.68. The topological polar surface area (TPSA) is 46.2 Å². The molecule has 0 unspecified atom stereocenters. The molecule has 15 heavy (non-hydrogen) atoms. The van der Waals surface area contributed by atoms with E-state index in [9.17, 15) is 9.59 Å². The van der Waals surface area contributed by atoms with Gasteiger partial charge in [0.05, 0.1) is 0 Å². The Morgan fingerprint density at radius 3 is 2.33 bits per heavy atom. The van der Waals surface area contributed by atoms with Crippen LogP contribution < -0.4 is 5.32 Å². The monoisotopic (exact) mass is 205 g/mol. The number of hydrogen-bond acceptors (Lipinski definition) is 2. The molecule has 1 amide bonds. The Bertz CT molecular complexity index is 383. The molecule has 0 spiro atoms. The summed E-state index contributed by atoms with van der Waals surface area (Å²) in [4.78, 5) is 23.0. The first-order chi connectivity index (χ1) is 7.06. The fraction of sp³-hybridized carbons (Fsp3) is 0.333. The lowest BCUT2D eigenvalue weighted by Crippen LogP contribution is -2.18. The van der Waals surface area contributed by atoms with Gasteiger partial charge < -0.3 is 5.32 Å². The highest BCUT2D eigenvalue weighted by Gasteiger charge is 2.12. The van der Waals surface area contributed by atoms with Gasteiger partial charge >= 0.3 is 0 Å². The molecule has 80 valence electrons. The van der Waals surface area contributed by atoms with Crippen molar-refractivity contribution in [1.82, 2.24) is 5.32 Å². The standard InChI is InChI=1S/C12H15NO2/c1-8(2)11(14)9-5-4-6-10(7-9)12(15)13-3/h4-8H,1-3H3,(H,13,15). The van der Waals surface area contributed by atoms with Gasteiger partial charge in [-0.2, -0.15) is 0 Å². The maximum atomic E-state index is 11.7. The molecule has 0 heterocycles. The van der Waals surface area contributed by atoms with Crippen LogP contribution in [0.25, 0.3) is 0 Å².